The van der Waals surface area contributed by atoms with E-state index < -0.39 is 54.2 Å². The van der Waals surface area contributed by atoms with Crippen LogP contribution in [0.3, 0.4) is 0 Å². The van der Waals surface area contributed by atoms with E-state index in [1.807, 2.05) is 0 Å². The molecule has 12 heteroatoms. The summed E-state index contributed by atoms with van der Waals surface area (Å²) in [6, 6.07) is -3.91. The summed E-state index contributed by atoms with van der Waals surface area (Å²) >= 11 is 3.80. The van der Waals surface area contributed by atoms with Gasteiger partial charge in [-0.2, -0.15) is 12.6 Å². The van der Waals surface area contributed by atoms with Crippen molar-refractivity contribution in [3.05, 3.63) is 0 Å². The van der Waals surface area contributed by atoms with E-state index in [2.05, 4.69) is 28.6 Å². The van der Waals surface area contributed by atoms with E-state index in [0.29, 0.717) is 6.42 Å². The number of rotatable bonds is 12. The lowest BCUT2D eigenvalue weighted by Gasteiger charge is -2.26. The second kappa shape index (κ2) is 12.1. The van der Waals surface area contributed by atoms with Crippen LogP contribution in [-0.4, -0.2) is 70.3 Å². The minimum atomic E-state index is -1.53. The Morgan fingerprint density at radius 2 is 1.56 bits per heavy atom. The van der Waals surface area contributed by atoms with Crippen LogP contribution in [0.1, 0.15) is 26.7 Å². The normalized spacial score (nSPS) is 15.0. The number of carbonyl (C=O) groups is 5. The zero-order valence-corrected chi connectivity index (χ0v) is 16.0. The largest absolute Gasteiger partial charge is 0.481 e. The Labute approximate surface area is 161 Å². The Morgan fingerprint density at radius 1 is 1.00 bits per heavy atom. The van der Waals surface area contributed by atoms with E-state index in [-0.39, 0.29) is 18.2 Å². The molecule has 0 aromatic rings. The lowest BCUT2D eigenvalue weighted by atomic mass is 9.97. The van der Waals surface area contributed by atoms with E-state index in [1.165, 1.54) is 0 Å². The number of aliphatic carboxylic acids is 2. The first-order chi connectivity index (χ1) is 12.6. The lowest BCUT2D eigenvalue weighted by molar-refractivity contribution is -0.143. The van der Waals surface area contributed by atoms with Crippen LogP contribution >= 0.6 is 12.6 Å². The highest BCUT2D eigenvalue weighted by atomic mass is 32.1. The molecule has 4 atom stereocenters. The van der Waals surface area contributed by atoms with Crippen molar-refractivity contribution in [3.63, 3.8) is 0 Å². The molecule has 0 fully saturated rings. The van der Waals surface area contributed by atoms with E-state index in [1.54, 1.807) is 13.8 Å². The van der Waals surface area contributed by atoms with Crippen molar-refractivity contribution >= 4 is 42.3 Å². The fourth-order valence-corrected chi connectivity index (χ4v) is 2.28. The molecular weight excluding hydrogens is 380 g/mol. The van der Waals surface area contributed by atoms with Gasteiger partial charge in [0, 0.05) is 5.75 Å². The Hall–Kier alpha value is -2.34. The summed E-state index contributed by atoms with van der Waals surface area (Å²) < 4.78 is 0. The van der Waals surface area contributed by atoms with Gasteiger partial charge in [-0.3, -0.25) is 19.2 Å². The topological polar surface area (TPSA) is 188 Å². The summed E-state index contributed by atoms with van der Waals surface area (Å²) in [7, 11) is 0. The van der Waals surface area contributed by atoms with Crippen LogP contribution in [-0.2, 0) is 24.0 Å². The van der Waals surface area contributed by atoms with E-state index in [9.17, 15) is 24.0 Å². The smallest absolute Gasteiger partial charge is 0.327 e. The summed E-state index contributed by atoms with van der Waals surface area (Å²) in [5, 5.41) is 24.7. The molecule has 7 N–H and O–H groups in total. The number of carbonyl (C=O) groups excluding carboxylic acids is 3. The highest BCUT2D eigenvalue weighted by molar-refractivity contribution is 7.80. The van der Waals surface area contributed by atoms with Crippen LogP contribution < -0.4 is 21.7 Å². The molecule has 0 saturated heterocycles. The Morgan fingerprint density at radius 3 is 1.96 bits per heavy atom. The molecule has 0 spiro atoms. The predicted octanol–water partition coefficient (Wildman–Crippen LogP) is -2.07. The molecule has 0 heterocycles. The summed E-state index contributed by atoms with van der Waals surface area (Å²) in [4.78, 5) is 58.3. The molecule has 0 radical (unpaired) electrons. The number of nitrogens with one attached hydrogen (secondary N) is 3. The molecule has 27 heavy (non-hydrogen) atoms. The summed E-state index contributed by atoms with van der Waals surface area (Å²) in [6.07, 6.45) is -0.256. The maximum atomic E-state index is 12.5. The molecular formula is C15H26N4O7S. The third-order valence-electron chi connectivity index (χ3n) is 3.81. The number of thiol groups is 1. The van der Waals surface area contributed by atoms with Gasteiger partial charge in [-0.15, -0.1) is 0 Å². The zero-order chi connectivity index (χ0) is 21.1. The van der Waals surface area contributed by atoms with Gasteiger partial charge in [0.15, 0.2) is 0 Å². The molecule has 0 aromatic carbocycles. The maximum Gasteiger partial charge on any atom is 0.327 e. The zero-order valence-electron chi connectivity index (χ0n) is 15.1. The van der Waals surface area contributed by atoms with Gasteiger partial charge >= 0.3 is 11.9 Å². The SMILES string of the molecule is CCC(C)C(NC(=O)CN)C(=O)NC(CC(=O)O)C(=O)NC(CS)C(=O)O. The van der Waals surface area contributed by atoms with Gasteiger partial charge in [0.25, 0.3) is 0 Å². The maximum absolute atomic E-state index is 12.5. The fraction of sp³-hybridized carbons (Fsp3) is 0.667. The molecule has 0 saturated carbocycles. The van der Waals surface area contributed by atoms with Crippen molar-refractivity contribution in [2.24, 2.45) is 11.7 Å². The molecule has 154 valence electrons. The van der Waals surface area contributed by atoms with Crippen LogP contribution in [0.25, 0.3) is 0 Å². The molecule has 0 aliphatic heterocycles. The Bertz CT molecular complexity index is 572. The molecule has 0 bridgehead atoms. The molecule has 0 aromatic heterocycles. The average molecular weight is 406 g/mol. The average Bonchev–Trinajstić information content (AvgIpc) is 2.61. The van der Waals surface area contributed by atoms with Crippen molar-refractivity contribution in [1.82, 2.24) is 16.0 Å². The van der Waals surface area contributed by atoms with Crippen molar-refractivity contribution in [2.45, 2.75) is 44.8 Å². The number of carboxylic acid groups (broad SMARTS) is 2. The highest BCUT2D eigenvalue weighted by Crippen LogP contribution is 2.09. The van der Waals surface area contributed by atoms with Crippen molar-refractivity contribution in [3.8, 4) is 0 Å². The minimum absolute atomic E-state index is 0.225. The Kier molecular flexibility index (Phi) is 11.1. The summed E-state index contributed by atoms with van der Waals surface area (Å²) in [5.41, 5.74) is 5.23. The van der Waals surface area contributed by atoms with E-state index in [0.717, 1.165) is 0 Å². The van der Waals surface area contributed by atoms with Gasteiger partial charge in [0.1, 0.15) is 18.1 Å². The number of hydrogen-bond donors (Lipinski definition) is 7. The van der Waals surface area contributed by atoms with Crippen LogP contribution in [0.15, 0.2) is 0 Å². The van der Waals surface area contributed by atoms with Gasteiger partial charge in [0.05, 0.1) is 13.0 Å². The van der Waals surface area contributed by atoms with Gasteiger partial charge in [-0.1, -0.05) is 20.3 Å². The fourth-order valence-electron chi connectivity index (χ4n) is 2.04. The number of carboxylic acids is 2. The van der Waals surface area contributed by atoms with Gasteiger partial charge in [0.2, 0.25) is 17.7 Å². The molecule has 0 rings (SSSR count). The van der Waals surface area contributed by atoms with Crippen LogP contribution in [0.4, 0.5) is 0 Å². The van der Waals surface area contributed by atoms with Gasteiger partial charge < -0.3 is 31.9 Å². The number of nitrogens with two attached hydrogens (primary N) is 1. The van der Waals surface area contributed by atoms with Gasteiger partial charge in [-0.05, 0) is 5.92 Å². The predicted molar refractivity (Wildman–Crippen MR) is 98.0 cm³/mol. The third kappa shape index (κ3) is 8.73. The monoisotopic (exact) mass is 406 g/mol. The summed E-state index contributed by atoms with van der Waals surface area (Å²) in [6.45, 7) is 3.13. The molecule has 3 amide bonds. The molecule has 11 nitrogen and oxygen atoms in total. The van der Waals surface area contributed by atoms with Crippen molar-refractivity contribution < 1.29 is 34.2 Å². The van der Waals surface area contributed by atoms with Crippen molar-refractivity contribution in [2.75, 3.05) is 12.3 Å². The van der Waals surface area contributed by atoms with Crippen LogP contribution in [0, 0.1) is 5.92 Å². The molecule has 4 unspecified atom stereocenters. The third-order valence-corrected chi connectivity index (χ3v) is 4.17. The first-order valence-electron chi connectivity index (χ1n) is 8.22. The van der Waals surface area contributed by atoms with E-state index in [4.69, 9.17) is 15.9 Å². The number of hydrogen-bond acceptors (Lipinski definition) is 7. The second-order valence-electron chi connectivity index (χ2n) is 5.88. The lowest BCUT2D eigenvalue weighted by Crippen LogP contribution is -2.58. The van der Waals surface area contributed by atoms with Gasteiger partial charge in [-0.25, -0.2) is 4.79 Å². The standard InChI is InChI=1S/C15H26N4O7S/c1-3-7(2)12(19-10(20)5-16)14(24)17-8(4-11(21)22)13(23)18-9(6-27)15(25)26/h7-9,12,27H,3-6,16H2,1-2H3,(H,17,24)(H,18,23)(H,19,20)(H,21,22)(H,25,26). The summed E-state index contributed by atoms with van der Waals surface area (Å²) in [5.74, 6) is -5.62. The Balaban J connectivity index is 5.35. The quantitative estimate of drug-likeness (QED) is 0.180. The van der Waals surface area contributed by atoms with Crippen molar-refractivity contribution in [1.29, 1.82) is 0 Å². The molecule has 0 aliphatic carbocycles. The van der Waals surface area contributed by atoms with Crippen LogP contribution in [0.5, 0.6) is 0 Å². The number of amides is 3. The van der Waals surface area contributed by atoms with E-state index >= 15 is 0 Å². The minimum Gasteiger partial charge on any atom is -0.481 e. The first kappa shape index (κ1) is 24.7. The highest BCUT2D eigenvalue weighted by Gasteiger charge is 2.32. The first-order valence-corrected chi connectivity index (χ1v) is 8.86. The van der Waals surface area contributed by atoms with Crippen LogP contribution in [0.2, 0.25) is 0 Å². The molecule has 0 aliphatic rings. The second-order valence-corrected chi connectivity index (χ2v) is 6.24.